The van der Waals surface area contributed by atoms with Crippen LogP contribution in [-0.2, 0) is 6.18 Å². The lowest BCUT2D eigenvalue weighted by atomic mass is 10.3. The van der Waals surface area contributed by atoms with Crippen molar-refractivity contribution in [2.75, 3.05) is 0 Å². The number of hydrogen-bond acceptors (Lipinski definition) is 5. The van der Waals surface area contributed by atoms with Gasteiger partial charge in [-0.05, 0) is 23.9 Å². The zero-order chi connectivity index (χ0) is 13.3. The monoisotopic (exact) mass is 295 g/mol. The molecule has 0 aliphatic heterocycles. The first-order valence-corrected chi connectivity index (χ1v) is 5.77. The number of halogens is 4. The molecule has 0 bridgehead atoms. The maximum absolute atomic E-state index is 12.5. The van der Waals surface area contributed by atoms with Crippen molar-refractivity contribution in [3.8, 4) is 0 Å². The fraction of sp³-hybridized carbons (Fsp3) is 0.222. The summed E-state index contributed by atoms with van der Waals surface area (Å²) >= 11 is 6.35. The second-order valence-electron chi connectivity index (χ2n) is 3.20. The summed E-state index contributed by atoms with van der Waals surface area (Å²) in [5.74, 6) is 0.315. The van der Waals surface area contributed by atoms with Crippen LogP contribution in [0.4, 0.5) is 13.2 Å². The first kappa shape index (κ1) is 13.2. The molecule has 2 aromatic heterocycles. The molecule has 18 heavy (non-hydrogen) atoms. The standard InChI is InChI=1S/C9H5ClF3N3OS/c1-4-15-16-8(17-4)18-7-3-5(9(11,12)13)2-6(10)14-7/h2-3H,1H3. The minimum Gasteiger partial charge on any atom is -0.416 e. The second kappa shape index (κ2) is 4.77. The van der Waals surface area contributed by atoms with Crippen molar-refractivity contribution in [3.63, 3.8) is 0 Å². The number of nitrogens with zero attached hydrogens (tertiary/aromatic N) is 3. The van der Waals surface area contributed by atoms with E-state index in [9.17, 15) is 13.2 Å². The highest BCUT2D eigenvalue weighted by Crippen LogP contribution is 2.34. The van der Waals surface area contributed by atoms with Gasteiger partial charge >= 0.3 is 6.18 Å². The molecule has 0 amide bonds. The molecule has 96 valence electrons. The minimum atomic E-state index is -4.48. The smallest absolute Gasteiger partial charge is 0.416 e. The summed E-state index contributed by atoms with van der Waals surface area (Å²) in [4.78, 5) is 3.75. The number of rotatable bonds is 2. The fourth-order valence-corrected chi connectivity index (χ4v) is 2.11. The zero-order valence-electron chi connectivity index (χ0n) is 8.82. The largest absolute Gasteiger partial charge is 0.416 e. The van der Waals surface area contributed by atoms with E-state index >= 15 is 0 Å². The van der Waals surface area contributed by atoms with Crippen LogP contribution in [0.15, 0.2) is 26.8 Å². The maximum atomic E-state index is 12.5. The average molecular weight is 296 g/mol. The van der Waals surface area contributed by atoms with Gasteiger partial charge in [0.1, 0.15) is 10.2 Å². The van der Waals surface area contributed by atoms with Crippen molar-refractivity contribution in [3.05, 3.63) is 28.7 Å². The number of hydrogen-bond donors (Lipinski definition) is 0. The molecule has 0 radical (unpaired) electrons. The van der Waals surface area contributed by atoms with Gasteiger partial charge in [0.05, 0.1) is 5.56 Å². The predicted octanol–water partition coefficient (Wildman–Crippen LogP) is 3.60. The summed E-state index contributed by atoms with van der Waals surface area (Å²) in [5, 5.41) is 7.10. The highest BCUT2D eigenvalue weighted by atomic mass is 35.5. The van der Waals surface area contributed by atoms with Crippen molar-refractivity contribution in [1.29, 1.82) is 0 Å². The van der Waals surface area contributed by atoms with Crippen LogP contribution in [0.3, 0.4) is 0 Å². The Morgan fingerprint density at radius 3 is 2.56 bits per heavy atom. The van der Waals surface area contributed by atoms with Gasteiger partial charge < -0.3 is 4.42 Å². The van der Waals surface area contributed by atoms with Crippen molar-refractivity contribution in [1.82, 2.24) is 15.2 Å². The van der Waals surface area contributed by atoms with Crippen LogP contribution < -0.4 is 0 Å². The molecule has 2 heterocycles. The quantitative estimate of drug-likeness (QED) is 0.792. The van der Waals surface area contributed by atoms with E-state index in [1.54, 1.807) is 6.92 Å². The Kier molecular flexibility index (Phi) is 3.49. The molecule has 0 aliphatic rings. The number of aromatic nitrogens is 3. The molecule has 0 aromatic carbocycles. The summed E-state index contributed by atoms with van der Waals surface area (Å²) in [5.41, 5.74) is -0.874. The third kappa shape index (κ3) is 3.14. The first-order valence-electron chi connectivity index (χ1n) is 4.57. The molecule has 2 aromatic rings. The zero-order valence-corrected chi connectivity index (χ0v) is 10.4. The maximum Gasteiger partial charge on any atom is 0.416 e. The van der Waals surface area contributed by atoms with E-state index in [2.05, 4.69) is 15.2 Å². The molecule has 0 N–H and O–H groups in total. The highest BCUT2D eigenvalue weighted by molar-refractivity contribution is 7.99. The molecule has 4 nitrogen and oxygen atoms in total. The van der Waals surface area contributed by atoms with E-state index in [1.165, 1.54) is 0 Å². The Labute approximate surface area is 109 Å². The molecule has 0 atom stereocenters. The van der Waals surface area contributed by atoms with Crippen molar-refractivity contribution >= 4 is 23.4 Å². The van der Waals surface area contributed by atoms with Gasteiger partial charge in [0.25, 0.3) is 5.22 Å². The third-order valence-electron chi connectivity index (χ3n) is 1.80. The molecule has 0 aliphatic carbocycles. The van der Waals surface area contributed by atoms with Crippen LogP contribution in [0.2, 0.25) is 5.15 Å². The van der Waals surface area contributed by atoms with Crippen molar-refractivity contribution in [2.24, 2.45) is 0 Å². The molecule has 0 fully saturated rings. The Morgan fingerprint density at radius 2 is 2.00 bits per heavy atom. The van der Waals surface area contributed by atoms with Gasteiger partial charge in [-0.3, -0.25) is 0 Å². The molecular formula is C9H5ClF3N3OS. The summed E-state index contributed by atoms with van der Waals surface area (Å²) in [7, 11) is 0. The SMILES string of the molecule is Cc1nnc(Sc2cc(C(F)(F)F)cc(Cl)n2)o1. The lowest BCUT2D eigenvalue weighted by Gasteiger charge is -2.07. The third-order valence-corrected chi connectivity index (χ3v) is 2.75. The van der Waals surface area contributed by atoms with E-state index in [4.69, 9.17) is 16.0 Å². The molecule has 9 heteroatoms. The van der Waals surface area contributed by atoms with Gasteiger partial charge in [0, 0.05) is 6.92 Å². The summed E-state index contributed by atoms with van der Waals surface area (Å²) in [6.45, 7) is 1.57. The molecule has 0 saturated heterocycles. The Hall–Kier alpha value is -1.28. The van der Waals surface area contributed by atoms with Gasteiger partial charge in [-0.2, -0.15) is 13.2 Å². The van der Waals surface area contributed by atoms with Gasteiger partial charge in [-0.15, -0.1) is 10.2 Å². The lowest BCUT2D eigenvalue weighted by Crippen LogP contribution is -2.05. The van der Waals surface area contributed by atoms with E-state index in [0.29, 0.717) is 5.89 Å². The summed E-state index contributed by atoms with van der Waals surface area (Å²) in [6.07, 6.45) is -4.48. The highest BCUT2D eigenvalue weighted by Gasteiger charge is 2.31. The van der Waals surface area contributed by atoms with Crippen LogP contribution in [0.1, 0.15) is 11.5 Å². The van der Waals surface area contributed by atoms with Crippen LogP contribution in [0.5, 0.6) is 0 Å². The summed E-state index contributed by atoms with van der Waals surface area (Å²) < 4.78 is 42.7. The van der Waals surface area contributed by atoms with E-state index in [1.807, 2.05) is 0 Å². The van der Waals surface area contributed by atoms with Crippen LogP contribution in [0.25, 0.3) is 0 Å². The minimum absolute atomic E-state index is 0.0403. The predicted molar refractivity (Wildman–Crippen MR) is 57.4 cm³/mol. The number of aryl methyl sites for hydroxylation is 1. The van der Waals surface area contributed by atoms with Crippen LogP contribution in [0, 0.1) is 6.92 Å². The van der Waals surface area contributed by atoms with Crippen molar-refractivity contribution in [2.45, 2.75) is 23.3 Å². The van der Waals surface area contributed by atoms with Gasteiger partial charge in [0.2, 0.25) is 5.89 Å². The van der Waals surface area contributed by atoms with Crippen LogP contribution >= 0.6 is 23.4 Å². The molecule has 0 spiro atoms. The lowest BCUT2D eigenvalue weighted by molar-refractivity contribution is -0.137. The van der Waals surface area contributed by atoms with Gasteiger partial charge in [-0.25, -0.2) is 4.98 Å². The molecule has 0 saturated carbocycles. The van der Waals surface area contributed by atoms with Crippen molar-refractivity contribution < 1.29 is 17.6 Å². The Bertz CT molecular complexity index is 572. The Morgan fingerprint density at radius 1 is 1.28 bits per heavy atom. The van der Waals surface area contributed by atoms with Gasteiger partial charge in [-0.1, -0.05) is 11.6 Å². The average Bonchev–Trinajstić information content (AvgIpc) is 2.61. The molecular weight excluding hydrogens is 291 g/mol. The van der Waals surface area contributed by atoms with Crippen LogP contribution in [-0.4, -0.2) is 15.2 Å². The fourth-order valence-electron chi connectivity index (χ4n) is 1.10. The molecule has 2 rings (SSSR count). The normalized spacial score (nSPS) is 11.8. The van der Waals surface area contributed by atoms with E-state index in [-0.39, 0.29) is 15.4 Å². The summed E-state index contributed by atoms with van der Waals surface area (Å²) in [6, 6.07) is 1.63. The number of pyridine rings is 1. The first-order chi connectivity index (χ1) is 8.34. The van der Waals surface area contributed by atoms with E-state index < -0.39 is 11.7 Å². The van der Waals surface area contributed by atoms with Gasteiger partial charge in [0.15, 0.2) is 0 Å². The number of alkyl halides is 3. The molecule has 0 unspecified atom stereocenters. The second-order valence-corrected chi connectivity index (χ2v) is 4.56. The van der Waals surface area contributed by atoms with E-state index in [0.717, 1.165) is 23.9 Å². The Balaban J connectivity index is 2.31. The topological polar surface area (TPSA) is 51.8 Å².